The van der Waals surface area contributed by atoms with E-state index in [1.54, 1.807) is 5.06 Å². The molecule has 2 saturated heterocycles. The van der Waals surface area contributed by atoms with Gasteiger partial charge in [0.25, 0.3) is 0 Å². The van der Waals surface area contributed by atoms with Crippen LogP contribution < -0.4 is 0 Å². The predicted octanol–water partition coefficient (Wildman–Crippen LogP) is 4.12. The van der Waals surface area contributed by atoms with Gasteiger partial charge in [-0.2, -0.15) is 5.06 Å². The Balaban J connectivity index is 1.19. The maximum atomic E-state index is 12.9. The first-order valence-electron chi connectivity index (χ1n) is 10.8. The van der Waals surface area contributed by atoms with Crippen LogP contribution in [0.15, 0.2) is 34.7 Å². The second-order valence-electron chi connectivity index (χ2n) is 8.78. The largest absolute Gasteiger partial charge is 0.423 e. The highest BCUT2D eigenvalue weighted by atomic mass is 16.7. The Hall–Kier alpha value is -2.41. The Bertz CT molecular complexity index is 849. The van der Waals surface area contributed by atoms with Crippen LogP contribution in [-0.2, 0) is 17.9 Å². The first-order chi connectivity index (χ1) is 14.2. The molecule has 2 bridgehead atoms. The molecule has 2 amide bonds. The van der Waals surface area contributed by atoms with Crippen molar-refractivity contribution in [1.29, 1.82) is 0 Å². The van der Waals surface area contributed by atoms with Crippen molar-refractivity contribution in [3.8, 4) is 0 Å². The van der Waals surface area contributed by atoms with Crippen molar-refractivity contribution < 1.29 is 14.0 Å². The fraction of sp³-hybridized carbons (Fsp3) is 0.591. The Labute approximate surface area is 171 Å². The van der Waals surface area contributed by atoms with Crippen LogP contribution in [0.5, 0.6) is 0 Å². The lowest BCUT2D eigenvalue weighted by molar-refractivity contribution is -0.140. The first kappa shape index (κ1) is 18.6. The van der Waals surface area contributed by atoms with Crippen LogP contribution in [0.3, 0.4) is 0 Å². The van der Waals surface area contributed by atoms with E-state index in [2.05, 4.69) is 17.1 Å². The standard InChI is InChI=1S/C22H28N4O3/c1-15-11-17(12-15)7-10-20-23-24-21(29-20)19-9-8-18-13-25(19)22(27)26(18)28-14-16-5-3-2-4-6-16/h2-6,15,17-19H,7-14H2,1H3. The molecule has 3 fully saturated rings. The van der Waals surface area contributed by atoms with Gasteiger partial charge in [-0.1, -0.05) is 37.3 Å². The molecule has 5 rings (SSSR count). The lowest BCUT2D eigenvalue weighted by atomic mass is 9.74. The molecule has 3 heterocycles. The molecule has 2 unspecified atom stereocenters. The Morgan fingerprint density at radius 2 is 2.00 bits per heavy atom. The molecular formula is C22H28N4O3. The van der Waals surface area contributed by atoms with Gasteiger partial charge in [0.1, 0.15) is 12.6 Å². The lowest BCUT2D eigenvalue weighted by Crippen LogP contribution is -2.34. The van der Waals surface area contributed by atoms with Gasteiger partial charge in [0, 0.05) is 13.0 Å². The van der Waals surface area contributed by atoms with Gasteiger partial charge < -0.3 is 9.32 Å². The molecular weight excluding hydrogens is 368 g/mol. The maximum absolute atomic E-state index is 12.9. The molecule has 2 atom stereocenters. The molecule has 1 aliphatic carbocycles. The number of aromatic nitrogens is 2. The number of hydrogen-bond donors (Lipinski definition) is 0. The van der Waals surface area contributed by atoms with Crippen LogP contribution in [0.1, 0.15) is 62.4 Å². The van der Waals surface area contributed by atoms with Crippen molar-refractivity contribution in [1.82, 2.24) is 20.2 Å². The van der Waals surface area contributed by atoms with Crippen molar-refractivity contribution in [3.63, 3.8) is 0 Å². The molecule has 29 heavy (non-hydrogen) atoms. The van der Waals surface area contributed by atoms with E-state index in [1.165, 1.54) is 12.8 Å². The summed E-state index contributed by atoms with van der Waals surface area (Å²) in [7, 11) is 0. The quantitative estimate of drug-likeness (QED) is 0.704. The fourth-order valence-corrected chi connectivity index (χ4v) is 4.91. The summed E-state index contributed by atoms with van der Waals surface area (Å²) < 4.78 is 5.96. The Morgan fingerprint density at radius 3 is 2.79 bits per heavy atom. The van der Waals surface area contributed by atoms with Gasteiger partial charge in [0.05, 0.1) is 6.04 Å². The number of carbonyl (C=O) groups excluding carboxylic acids is 1. The minimum absolute atomic E-state index is 0.0884. The van der Waals surface area contributed by atoms with Crippen molar-refractivity contribution in [3.05, 3.63) is 47.7 Å². The Morgan fingerprint density at radius 1 is 1.17 bits per heavy atom. The number of benzene rings is 1. The number of fused-ring (bicyclic) bond motifs is 2. The van der Waals surface area contributed by atoms with E-state index < -0.39 is 0 Å². The van der Waals surface area contributed by atoms with Gasteiger partial charge in [0.15, 0.2) is 0 Å². The molecule has 154 valence electrons. The number of hydroxylamine groups is 2. The molecule has 1 aromatic heterocycles. The third-order valence-electron chi connectivity index (χ3n) is 6.54. The smallest absolute Gasteiger partial charge is 0.345 e. The topological polar surface area (TPSA) is 71.7 Å². The minimum atomic E-state index is -0.144. The molecule has 0 N–H and O–H groups in total. The second-order valence-corrected chi connectivity index (χ2v) is 8.78. The van der Waals surface area contributed by atoms with Gasteiger partial charge in [-0.3, -0.25) is 4.84 Å². The van der Waals surface area contributed by atoms with Crippen LogP contribution in [-0.4, -0.2) is 38.8 Å². The zero-order valence-electron chi connectivity index (χ0n) is 16.9. The molecule has 0 radical (unpaired) electrons. The number of aryl methyl sites for hydroxylation is 1. The molecule has 3 aliphatic rings. The van der Waals surface area contributed by atoms with Crippen molar-refractivity contribution in [2.24, 2.45) is 11.8 Å². The molecule has 2 aliphatic heterocycles. The molecule has 7 heteroatoms. The zero-order valence-corrected chi connectivity index (χ0v) is 16.9. The third kappa shape index (κ3) is 3.75. The van der Waals surface area contributed by atoms with E-state index in [0.29, 0.717) is 24.9 Å². The highest BCUT2D eigenvalue weighted by Gasteiger charge is 2.47. The maximum Gasteiger partial charge on any atom is 0.345 e. The number of nitrogens with zero attached hydrogens (tertiary/aromatic N) is 4. The van der Waals surface area contributed by atoms with E-state index in [0.717, 1.165) is 43.1 Å². The second kappa shape index (κ2) is 7.78. The molecule has 1 saturated carbocycles. The summed E-state index contributed by atoms with van der Waals surface area (Å²) in [6.07, 6.45) is 6.27. The lowest BCUT2D eigenvalue weighted by Gasteiger charge is -2.32. The summed E-state index contributed by atoms with van der Waals surface area (Å²) in [4.78, 5) is 20.6. The van der Waals surface area contributed by atoms with E-state index in [1.807, 2.05) is 35.2 Å². The number of urea groups is 1. The summed E-state index contributed by atoms with van der Waals surface area (Å²) in [5.41, 5.74) is 1.05. The fourth-order valence-electron chi connectivity index (χ4n) is 4.91. The van der Waals surface area contributed by atoms with E-state index in [-0.39, 0.29) is 18.1 Å². The highest BCUT2D eigenvalue weighted by Crippen LogP contribution is 2.39. The first-order valence-corrected chi connectivity index (χ1v) is 10.8. The molecule has 1 aromatic carbocycles. The SMILES string of the molecule is CC1CC(CCc2nnc(C3CCC4CN3C(=O)N4OCc3ccccc3)o2)C1. The highest BCUT2D eigenvalue weighted by molar-refractivity contribution is 5.77. The third-order valence-corrected chi connectivity index (χ3v) is 6.54. The molecule has 0 spiro atoms. The number of rotatable bonds is 7. The van der Waals surface area contributed by atoms with E-state index in [4.69, 9.17) is 9.25 Å². The van der Waals surface area contributed by atoms with Crippen molar-refractivity contribution in [2.75, 3.05) is 6.54 Å². The van der Waals surface area contributed by atoms with Crippen LogP contribution in [0, 0.1) is 11.8 Å². The van der Waals surface area contributed by atoms with E-state index in [9.17, 15) is 4.79 Å². The number of amides is 2. The monoisotopic (exact) mass is 396 g/mol. The van der Waals surface area contributed by atoms with Gasteiger partial charge in [-0.25, -0.2) is 4.79 Å². The summed E-state index contributed by atoms with van der Waals surface area (Å²) in [6.45, 7) is 3.35. The van der Waals surface area contributed by atoms with Gasteiger partial charge >= 0.3 is 6.03 Å². The van der Waals surface area contributed by atoms with Crippen LogP contribution in [0.4, 0.5) is 4.79 Å². The average Bonchev–Trinajstić information content (AvgIpc) is 3.28. The number of piperidine rings is 1. The number of hydrogen-bond acceptors (Lipinski definition) is 5. The predicted molar refractivity (Wildman–Crippen MR) is 105 cm³/mol. The molecule has 7 nitrogen and oxygen atoms in total. The van der Waals surface area contributed by atoms with Crippen LogP contribution >= 0.6 is 0 Å². The summed E-state index contributed by atoms with van der Waals surface area (Å²) >= 11 is 0. The molecule has 2 aromatic rings. The van der Waals surface area contributed by atoms with Crippen molar-refractivity contribution in [2.45, 2.75) is 64.1 Å². The Kier molecular flexibility index (Phi) is 4.99. The summed E-state index contributed by atoms with van der Waals surface area (Å²) in [5, 5.41) is 10.1. The van der Waals surface area contributed by atoms with Crippen LogP contribution in [0.2, 0.25) is 0 Å². The minimum Gasteiger partial charge on any atom is -0.423 e. The van der Waals surface area contributed by atoms with Crippen LogP contribution in [0.25, 0.3) is 0 Å². The van der Waals surface area contributed by atoms with Gasteiger partial charge in [-0.05, 0) is 49.5 Å². The number of carbonyl (C=O) groups is 1. The summed E-state index contributed by atoms with van der Waals surface area (Å²) in [5.74, 6) is 2.93. The van der Waals surface area contributed by atoms with Gasteiger partial charge in [0.2, 0.25) is 11.8 Å². The average molecular weight is 396 g/mol. The van der Waals surface area contributed by atoms with Crippen molar-refractivity contribution >= 4 is 6.03 Å². The zero-order chi connectivity index (χ0) is 19.8. The van der Waals surface area contributed by atoms with Gasteiger partial charge in [-0.15, -0.1) is 10.2 Å². The summed E-state index contributed by atoms with van der Waals surface area (Å²) in [6, 6.07) is 9.76. The normalized spacial score (nSPS) is 28.7. The van der Waals surface area contributed by atoms with E-state index >= 15 is 0 Å².